The second kappa shape index (κ2) is 24.3. The minimum atomic E-state index is -0.323. The second-order valence-electron chi connectivity index (χ2n) is 18.6. The van der Waals surface area contributed by atoms with Crippen molar-refractivity contribution in [2.45, 2.75) is 192 Å². The molecule has 5 rings (SSSR count). The van der Waals surface area contributed by atoms with E-state index in [9.17, 15) is 19.2 Å². The smallest absolute Gasteiger partial charge is 0.330 e. The summed E-state index contributed by atoms with van der Waals surface area (Å²) in [4.78, 5) is 49.2. The van der Waals surface area contributed by atoms with Crippen molar-refractivity contribution in [2.75, 3.05) is 13.2 Å². The maximum absolute atomic E-state index is 13.4. The molecule has 0 aromatic carbocycles. The summed E-state index contributed by atoms with van der Waals surface area (Å²) in [5.41, 5.74) is 0. The highest BCUT2D eigenvalue weighted by Crippen LogP contribution is 2.40. The van der Waals surface area contributed by atoms with E-state index >= 15 is 0 Å². The second-order valence-corrected chi connectivity index (χ2v) is 18.6. The zero-order valence-electron chi connectivity index (χ0n) is 34.8. The molecule has 56 heavy (non-hydrogen) atoms. The number of carbonyl (C=O) groups is 4. The van der Waals surface area contributed by atoms with Crippen LogP contribution in [0.25, 0.3) is 0 Å². The Bertz CT molecular complexity index is 1120. The van der Waals surface area contributed by atoms with E-state index in [1.807, 2.05) is 0 Å². The number of hydrogen-bond acceptors (Lipinski definition) is 8. The van der Waals surface area contributed by atoms with Gasteiger partial charge < -0.3 is 18.9 Å². The molecule has 0 unspecified atom stereocenters. The highest BCUT2D eigenvalue weighted by molar-refractivity contribution is 5.81. The first-order valence-electron chi connectivity index (χ1n) is 23.3. The molecule has 5 aliphatic carbocycles. The molecule has 0 N–H and O–H groups in total. The molecular weight excluding hydrogens is 705 g/mol. The van der Waals surface area contributed by atoms with E-state index in [2.05, 4.69) is 13.2 Å². The van der Waals surface area contributed by atoms with E-state index in [1.165, 1.54) is 89.2 Å². The van der Waals surface area contributed by atoms with Crippen LogP contribution in [0.4, 0.5) is 0 Å². The van der Waals surface area contributed by atoms with Crippen LogP contribution in [0.3, 0.4) is 0 Å². The van der Waals surface area contributed by atoms with E-state index in [0.29, 0.717) is 25.0 Å². The van der Waals surface area contributed by atoms with Crippen LogP contribution in [-0.4, -0.2) is 49.3 Å². The Morgan fingerprint density at radius 1 is 0.411 bits per heavy atom. The van der Waals surface area contributed by atoms with Crippen LogP contribution in [0.15, 0.2) is 25.3 Å². The molecule has 0 radical (unpaired) electrons. The van der Waals surface area contributed by atoms with E-state index in [0.717, 1.165) is 126 Å². The summed E-state index contributed by atoms with van der Waals surface area (Å²) in [7, 11) is 0. The van der Waals surface area contributed by atoms with Gasteiger partial charge in [-0.3, -0.25) is 9.59 Å². The lowest BCUT2D eigenvalue weighted by atomic mass is 9.75. The Labute approximate surface area is 339 Å². The van der Waals surface area contributed by atoms with Crippen LogP contribution in [0.2, 0.25) is 0 Å². The van der Waals surface area contributed by atoms with E-state index in [4.69, 9.17) is 18.9 Å². The monoisotopic (exact) mass is 781 g/mol. The van der Waals surface area contributed by atoms with Crippen molar-refractivity contribution >= 4 is 23.9 Å². The molecule has 0 aliphatic heterocycles. The number of carbonyl (C=O) groups excluding carboxylic acids is 4. The molecule has 0 saturated heterocycles. The van der Waals surface area contributed by atoms with Gasteiger partial charge in [0.25, 0.3) is 0 Å². The van der Waals surface area contributed by atoms with Crippen molar-refractivity contribution in [3.8, 4) is 0 Å². The van der Waals surface area contributed by atoms with Crippen LogP contribution in [0.1, 0.15) is 180 Å². The molecule has 8 nitrogen and oxygen atoms in total. The zero-order valence-corrected chi connectivity index (χ0v) is 34.8. The maximum Gasteiger partial charge on any atom is 0.330 e. The van der Waals surface area contributed by atoms with Gasteiger partial charge in [0.2, 0.25) is 0 Å². The Balaban J connectivity index is 0.905. The molecule has 2 atom stereocenters. The molecule has 0 aromatic heterocycles. The molecule has 0 aromatic rings. The first-order chi connectivity index (χ1) is 27.3. The molecule has 5 aliphatic rings. The summed E-state index contributed by atoms with van der Waals surface area (Å²) in [6.45, 7) is 7.91. The molecular formula is C48H76O8. The van der Waals surface area contributed by atoms with Crippen LogP contribution in [0, 0.1) is 47.3 Å². The summed E-state index contributed by atoms with van der Waals surface area (Å²) in [5, 5.41) is 0. The van der Waals surface area contributed by atoms with Gasteiger partial charge >= 0.3 is 23.9 Å². The first-order valence-corrected chi connectivity index (χ1v) is 23.3. The molecule has 316 valence electrons. The van der Waals surface area contributed by atoms with Gasteiger partial charge in [-0.25, -0.2) is 9.59 Å². The largest absolute Gasteiger partial charge is 0.463 e. The molecule has 0 spiro atoms. The lowest BCUT2D eigenvalue weighted by molar-refractivity contribution is -0.178. The summed E-state index contributed by atoms with van der Waals surface area (Å²) in [6.07, 6.45) is 33.4. The molecule has 0 amide bonds. The summed E-state index contributed by atoms with van der Waals surface area (Å²) in [5.74, 6) is 3.82. The van der Waals surface area contributed by atoms with Crippen molar-refractivity contribution in [1.29, 1.82) is 0 Å². The van der Waals surface area contributed by atoms with Gasteiger partial charge in [0, 0.05) is 12.2 Å². The van der Waals surface area contributed by atoms with E-state index in [1.54, 1.807) is 0 Å². The Morgan fingerprint density at radius 2 is 0.696 bits per heavy atom. The van der Waals surface area contributed by atoms with Gasteiger partial charge in [-0.2, -0.15) is 0 Å². The molecule has 0 heterocycles. The van der Waals surface area contributed by atoms with Crippen LogP contribution >= 0.6 is 0 Å². The Kier molecular flexibility index (Phi) is 19.3. The van der Waals surface area contributed by atoms with Crippen molar-refractivity contribution in [3.05, 3.63) is 25.3 Å². The van der Waals surface area contributed by atoms with Gasteiger partial charge in [-0.1, -0.05) is 90.2 Å². The number of hydrogen-bond donors (Lipinski definition) is 0. The highest BCUT2D eigenvalue weighted by Gasteiger charge is 2.37. The number of rotatable bonds is 20. The van der Waals surface area contributed by atoms with Crippen molar-refractivity contribution in [3.63, 3.8) is 0 Å². The quantitative estimate of drug-likeness (QED) is 0.0520. The predicted octanol–water partition coefficient (Wildman–Crippen LogP) is 11.2. The molecule has 5 fully saturated rings. The van der Waals surface area contributed by atoms with Crippen molar-refractivity contribution in [1.82, 2.24) is 0 Å². The summed E-state index contributed by atoms with van der Waals surface area (Å²) >= 11 is 0. The van der Waals surface area contributed by atoms with Gasteiger partial charge in [-0.15, -0.1) is 0 Å². The average Bonchev–Trinajstić information content (AvgIpc) is 3.24. The SMILES string of the molecule is C=CC(=O)OCCC[C@H]1CC[C@H](CC[C@H]2CC[C@H](C(=O)O[C@@H]3CCCC[C@H]3OC(=O)[C@H]3CC[C@H](CC[C@H]4CC[C@H](CCCOC(=O)C=C)CC4)CC3)CC2)CC1. The number of esters is 4. The Morgan fingerprint density at radius 3 is 1.00 bits per heavy atom. The fourth-order valence-electron chi connectivity index (χ4n) is 11.0. The van der Waals surface area contributed by atoms with Crippen LogP contribution in [-0.2, 0) is 38.1 Å². The zero-order chi connectivity index (χ0) is 39.5. The van der Waals surface area contributed by atoms with Gasteiger partial charge in [0.05, 0.1) is 25.0 Å². The lowest BCUT2D eigenvalue weighted by Crippen LogP contribution is -2.41. The van der Waals surface area contributed by atoms with E-state index < -0.39 is 0 Å². The molecule has 0 bridgehead atoms. The van der Waals surface area contributed by atoms with E-state index in [-0.39, 0.29) is 47.9 Å². The van der Waals surface area contributed by atoms with Crippen LogP contribution in [0.5, 0.6) is 0 Å². The fraction of sp³-hybridized carbons (Fsp3) is 0.833. The number of ether oxygens (including phenoxy) is 4. The van der Waals surface area contributed by atoms with Gasteiger partial charge in [0.15, 0.2) is 0 Å². The standard InChI is InChI=1S/C48H76O8/c1-3-45(49)53-33-7-9-35-13-17-37(18-14-35)21-23-39-25-29-41(30-26-39)47(51)55-43-11-5-6-12-44(43)56-48(52)42-31-27-40(28-32-42)24-22-38-19-15-36(16-20-38)10-8-34-54-46(50)4-2/h3-4,35-44H,1-2,5-34H2/t35-,36-,37-,38-,39-,40-,41-,42-,43-,44-/m1/s1. The summed E-state index contributed by atoms with van der Waals surface area (Å²) < 4.78 is 22.6. The summed E-state index contributed by atoms with van der Waals surface area (Å²) in [6, 6.07) is 0. The van der Waals surface area contributed by atoms with Crippen molar-refractivity contribution < 1.29 is 38.1 Å². The van der Waals surface area contributed by atoms with Gasteiger partial charge in [-0.05, 0) is 138 Å². The molecule has 5 saturated carbocycles. The van der Waals surface area contributed by atoms with Gasteiger partial charge in [0.1, 0.15) is 12.2 Å². The minimum Gasteiger partial charge on any atom is -0.463 e. The fourth-order valence-corrected chi connectivity index (χ4v) is 11.0. The maximum atomic E-state index is 13.4. The topological polar surface area (TPSA) is 105 Å². The first kappa shape index (κ1) is 44.5. The third-order valence-electron chi connectivity index (χ3n) is 14.8. The highest BCUT2D eigenvalue weighted by atomic mass is 16.6. The van der Waals surface area contributed by atoms with Crippen molar-refractivity contribution in [2.24, 2.45) is 47.3 Å². The predicted molar refractivity (Wildman–Crippen MR) is 219 cm³/mol. The Hall–Kier alpha value is -2.64. The molecule has 8 heteroatoms. The minimum absolute atomic E-state index is 0.0170. The lowest BCUT2D eigenvalue weighted by Gasteiger charge is -2.35. The van der Waals surface area contributed by atoms with Crippen LogP contribution < -0.4 is 0 Å². The third kappa shape index (κ3) is 15.3. The average molecular weight is 781 g/mol. The third-order valence-corrected chi connectivity index (χ3v) is 14.8. The normalized spacial score (nSPS) is 32.4.